The lowest BCUT2D eigenvalue weighted by atomic mass is 10.1. The van der Waals surface area contributed by atoms with Crippen molar-refractivity contribution in [2.45, 2.75) is 39.2 Å². The molecular formula is C15H21ClN2O. The minimum atomic E-state index is -0.0304. The van der Waals surface area contributed by atoms with Crippen LogP contribution in [-0.4, -0.2) is 18.5 Å². The summed E-state index contributed by atoms with van der Waals surface area (Å²) in [6, 6.07) is 5.68. The van der Waals surface area contributed by atoms with E-state index in [1.807, 2.05) is 13.0 Å². The first-order valence-corrected chi connectivity index (χ1v) is 7.34. The van der Waals surface area contributed by atoms with Crippen molar-refractivity contribution < 1.29 is 4.79 Å². The number of rotatable bonds is 4. The van der Waals surface area contributed by atoms with Crippen molar-refractivity contribution in [3.05, 3.63) is 28.8 Å². The zero-order valence-electron chi connectivity index (χ0n) is 11.5. The van der Waals surface area contributed by atoms with Crippen LogP contribution in [0.5, 0.6) is 0 Å². The molecule has 4 heteroatoms. The Morgan fingerprint density at radius 3 is 2.84 bits per heavy atom. The third-order valence-electron chi connectivity index (χ3n) is 3.77. The molecule has 0 bridgehead atoms. The molecule has 2 rings (SSSR count). The Bertz CT molecular complexity index is 461. The van der Waals surface area contributed by atoms with E-state index in [1.54, 1.807) is 12.1 Å². The van der Waals surface area contributed by atoms with Crippen molar-refractivity contribution in [2.75, 3.05) is 11.9 Å². The molecule has 104 valence electrons. The van der Waals surface area contributed by atoms with Gasteiger partial charge in [-0.3, -0.25) is 4.79 Å². The summed E-state index contributed by atoms with van der Waals surface area (Å²) in [4.78, 5) is 12.4. The summed E-state index contributed by atoms with van der Waals surface area (Å²) in [5, 5.41) is 6.92. The second-order valence-corrected chi connectivity index (χ2v) is 5.64. The van der Waals surface area contributed by atoms with E-state index in [2.05, 4.69) is 17.6 Å². The van der Waals surface area contributed by atoms with Gasteiger partial charge in [0.1, 0.15) is 0 Å². The smallest absolute Gasteiger partial charge is 0.253 e. The molecule has 1 saturated carbocycles. The molecule has 1 aliphatic carbocycles. The Labute approximate surface area is 119 Å². The molecule has 0 saturated heterocycles. The van der Waals surface area contributed by atoms with Gasteiger partial charge in [0.05, 0.1) is 5.56 Å². The minimum Gasteiger partial charge on any atom is -0.385 e. The Balaban J connectivity index is 2.15. The van der Waals surface area contributed by atoms with E-state index in [9.17, 15) is 4.79 Å². The van der Waals surface area contributed by atoms with E-state index < -0.39 is 0 Å². The normalized spacial score (nSPS) is 22.3. The van der Waals surface area contributed by atoms with Crippen LogP contribution in [-0.2, 0) is 0 Å². The third kappa shape index (κ3) is 3.41. The van der Waals surface area contributed by atoms with Crippen molar-refractivity contribution in [3.63, 3.8) is 0 Å². The van der Waals surface area contributed by atoms with Gasteiger partial charge in [0.2, 0.25) is 0 Å². The molecule has 1 amide bonds. The molecule has 1 fully saturated rings. The van der Waals surface area contributed by atoms with Crippen LogP contribution >= 0.6 is 11.6 Å². The van der Waals surface area contributed by atoms with Crippen LogP contribution in [0.25, 0.3) is 0 Å². The largest absolute Gasteiger partial charge is 0.385 e. The van der Waals surface area contributed by atoms with Crippen LogP contribution in [0.1, 0.15) is 43.5 Å². The first-order valence-electron chi connectivity index (χ1n) is 6.96. The Morgan fingerprint density at radius 1 is 1.42 bits per heavy atom. The molecular weight excluding hydrogens is 260 g/mol. The highest BCUT2D eigenvalue weighted by atomic mass is 35.5. The van der Waals surface area contributed by atoms with Crippen LogP contribution < -0.4 is 10.6 Å². The number of nitrogens with one attached hydrogen (secondary N) is 2. The summed E-state index contributed by atoms with van der Waals surface area (Å²) in [5.41, 5.74) is 1.48. The molecule has 0 spiro atoms. The Morgan fingerprint density at radius 2 is 2.21 bits per heavy atom. The van der Waals surface area contributed by atoms with Crippen molar-refractivity contribution in [1.82, 2.24) is 5.32 Å². The fourth-order valence-electron chi connectivity index (χ4n) is 2.65. The van der Waals surface area contributed by atoms with E-state index in [-0.39, 0.29) is 5.91 Å². The van der Waals surface area contributed by atoms with Crippen LogP contribution in [0.2, 0.25) is 5.02 Å². The fraction of sp³-hybridized carbons (Fsp3) is 0.533. The van der Waals surface area contributed by atoms with Crippen LogP contribution in [0.3, 0.4) is 0 Å². The third-order valence-corrected chi connectivity index (χ3v) is 4.01. The van der Waals surface area contributed by atoms with Crippen molar-refractivity contribution >= 4 is 23.2 Å². The van der Waals surface area contributed by atoms with Gasteiger partial charge in [-0.25, -0.2) is 0 Å². The average molecular weight is 281 g/mol. The monoisotopic (exact) mass is 280 g/mol. The van der Waals surface area contributed by atoms with Crippen molar-refractivity contribution in [1.29, 1.82) is 0 Å². The molecule has 0 radical (unpaired) electrons. The van der Waals surface area contributed by atoms with Crippen LogP contribution in [0.15, 0.2) is 18.2 Å². The number of amides is 1. The molecule has 2 N–H and O–H groups in total. The number of hydrogen-bond donors (Lipinski definition) is 2. The lowest BCUT2D eigenvalue weighted by Crippen LogP contribution is -2.36. The summed E-state index contributed by atoms with van der Waals surface area (Å²) in [6.45, 7) is 4.98. The van der Waals surface area contributed by atoms with Gasteiger partial charge < -0.3 is 10.6 Å². The molecule has 1 aliphatic rings. The van der Waals surface area contributed by atoms with E-state index in [0.717, 1.165) is 18.7 Å². The highest BCUT2D eigenvalue weighted by Crippen LogP contribution is 2.26. The predicted molar refractivity (Wildman–Crippen MR) is 79.9 cm³/mol. The summed E-state index contributed by atoms with van der Waals surface area (Å²) < 4.78 is 0. The Kier molecular flexibility index (Phi) is 4.70. The maximum absolute atomic E-state index is 12.4. The topological polar surface area (TPSA) is 41.1 Å². The number of carbonyl (C=O) groups is 1. The van der Waals surface area contributed by atoms with Gasteiger partial charge in [-0.1, -0.05) is 24.9 Å². The quantitative estimate of drug-likeness (QED) is 0.883. The van der Waals surface area contributed by atoms with E-state index in [0.29, 0.717) is 22.5 Å². The highest BCUT2D eigenvalue weighted by Gasteiger charge is 2.25. The molecule has 1 aromatic carbocycles. The summed E-state index contributed by atoms with van der Waals surface area (Å²) in [5.74, 6) is 0.530. The highest BCUT2D eigenvalue weighted by molar-refractivity contribution is 6.31. The number of halogens is 1. The zero-order chi connectivity index (χ0) is 13.8. The van der Waals surface area contributed by atoms with Gasteiger partial charge >= 0.3 is 0 Å². The van der Waals surface area contributed by atoms with Crippen molar-refractivity contribution in [3.8, 4) is 0 Å². The number of anilines is 1. The van der Waals surface area contributed by atoms with Gasteiger partial charge in [0.15, 0.2) is 0 Å². The molecule has 0 aromatic heterocycles. The standard InChI is InChI=1S/C15H21ClN2O/c1-3-17-14-8-7-11(16)9-12(14)15(19)18-13-6-4-5-10(13)2/h7-10,13,17H,3-6H2,1-2H3,(H,18,19). The lowest BCUT2D eigenvalue weighted by molar-refractivity contribution is 0.0930. The fourth-order valence-corrected chi connectivity index (χ4v) is 2.83. The molecule has 19 heavy (non-hydrogen) atoms. The van der Waals surface area contributed by atoms with Gasteiger partial charge in [0.25, 0.3) is 5.91 Å². The molecule has 2 atom stereocenters. The second-order valence-electron chi connectivity index (χ2n) is 5.21. The summed E-state index contributed by atoms with van der Waals surface area (Å²) in [6.07, 6.45) is 3.46. The van der Waals surface area contributed by atoms with Gasteiger partial charge in [0, 0.05) is 23.3 Å². The first-order chi connectivity index (χ1) is 9.11. The molecule has 2 unspecified atom stereocenters. The molecule has 0 heterocycles. The number of hydrogen-bond acceptors (Lipinski definition) is 2. The Hall–Kier alpha value is -1.22. The lowest BCUT2D eigenvalue weighted by Gasteiger charge is -2.19. The summed E-state index contributed by atoms with van der Waals surface area (Å²) in [7, 11) is 0. The first kappa shape index (κ1) is 14.2. The maximum atomic E-state index is 12.4. The van der Waals surface area contributed by atoms with Crippen LogP contribution in [0.4, 0.5) is 5.69 Å². The summed E-state index contributed by atoms with van der Waals surface area (Å²) >= 11 is 6.00. The van der Waals surface area contributed by atoms with E-state index in [4.69, 9.17) is 11.6 Å². The second kappa shape index (κ2) is 6.29. The van der Waals surface area contributed by atoms with Gasteiger partial charge in [-0.2, -0.15) is 0 Å². The minimum absolute atomic E-state index is 0.0304. The SMILES string of the molecule is CCNc1ccc(Cl)cc1C(=O)NC1CCCC1C. The van der Waals surface area contributed by atoms with Gasteiger partial charge in [-0.15, -0.1) is 0 Å². The predicted octanol–water partition coefficient (Wildman–Crippen LogP) is 3.69. The molecule has 0 aliphatic heterocycles. The maximum Gasteiger partial charge on any atom is 0.253 e. The zero-order valence-corrected chi connectivity index (χ0v) is 12.3. The van der Waals surface area contributed by atoms with Crippen LogP contribution in [0, 0.1) is 5.92 Å². The number of carbonyl (C=O) groups excluding carboxylic acids is 1. The van der Waals surface area contributed by atoms with Crippen molar-refractivity contribution in [2.24, 2.45) is 5.92 Å². The van der Waals surface area contributed by atoms with E-state index >= 15 is 0 Å². The average Bonchev–Trinajstić information content (AvgIpc) is 2.77. The molecule has 1 aromatic rings. The number of benzene rings is 1. The van der Waals surface area contributed by atoms with E-state index in [1.165, 1.54) is 12.8 Å². The molecule has 3 nitrogen and oxygen atoms in total. The van der Waals surface area contributed by atoms with Gasteiger partial charge in [-0.05, 0) is 43.9 Å².